The maximum absolute atomic E-state index is 14.1. The van der Waals surface area contributed by atoms with Gasteiger partial charge in [0.2, 0.25) is 0 Å². The number of thiazole rings is 1. The van der Waals surface area contributed by atoms with E-state index in [1.165, 1.54) is 36.3 Å². The van der Waals surface area contributed by atoms with Crippen molar-refractivity contribution in [2.24, 2.45) is 4.99 Å². The molecular weight excluding hydrogens is 558 g/mol. The highest BCUT2D eigenvalue weighted by Crippen LogP contribution is 2.35. The van der Waals surface area contributed by atoms with E-state index in [1.807, 2.05) is 67.6 Å². The average molecular weight is 594 g/mol. The third kappa shape index (κ3) is 5.92. The van der Waals surface area contributed by atoms with Crippen LogP contribution in [0.3, 0.4) is 0 Å². The van der Waals surface area contributed by atoms with Crippen LogP contribution in [0.5, 0.6) is 5.75 Å². The summed E-state index contributed by atoms with van der Waals surface area (Å²) in [7, 11) is 0. The van der Waals surface area contributed by atoms with Crippen LogP contribution in [-0.2, 0) is 9.53 Å². The molecule has 220 valence electrons. The van der Waals surface area contributed by atoms with Gasteiger partial charge in [0.05, 0.1) is 35.1 Å². The first-order valence-corrected chi connectivity index (χ1v) is 15.7. The molecular formula is C35H35N3O4S. The number of anilines is 1. The number of esters is 1. The second kappa shape index (κ2) is 12.8. The summed E-state index contributed by atoms with van der Waals surface area (Å²) >= 11 is 1.33. The molecule has 1 aromatic heterocycles. The first kappa shape index (κ1) is 28.7. The maximum atomic E-state index is 14.1. The van der Waals surface area contributed by atoms with Crippen molar-refractivity contribution in [3.05, 3.63) is 121 Å². The van der Waals surface area contributed by atoms with E-state index in [9.17, 15) is 9.59 Å². The van der Waals surface area contributed by atoms with Gasteiger partial charge in [0.1, 0.15) is 5.75 Å². The van der Waals surface area contributed by atoms with Crippen LogP contribution in [-0.4, -0.2) is 36.8 Å². The van der Waals surface area contributed by atoms with E-state index in [0.717, 1.165) is 35.5 Å². The number of carbonyl (C=O) groups excluding carboxylic acids is 1. The largest absolute Gasteiger partial charge is 0.494 e. The van der Waals surface area contributed by atoms with Crippen molar-refractivity contribution in [3.63, 3.8) is 0 Å². The summed E-state index contributed by atoms with van der Waals surface area (Å²) in [5.41, 5.74) is 4.35. The van der Waals surface area contributed by atoms with Crippen molar-refractivity contribution in [2.75, 3.05) is 31.2 Å². The van der Waals surface area contributed by atoms with Crippen molar-refractivity contribution >= 4 is 34.8 Å². The van der Waals surface area contributed by atoms with Gasteiger partial charge in [-0.1, -0.05) is 65.9 Å². The molecule has 3 heterocycles. The van der Waals surface area contributed by atoms with Gasteiger partial charge in [0, 0.05) is 24.3 Å². The lowest BCUT2D eigenvalue weighted by Gasteiger charge is -2.28. The van der Waals surface area contributed by atoms with E-state index in [-0.39, 0.29) is 12.2 Å². The van der Waals surface area contributed by atoms with E-state index < -0.39 is 12.0 Å². The van der Waals surface area contributed by atoms with Gasteiger partial charge in [-0.15, -0.1) is 0 Å². The lowest BCUT2D eigenvalue weighted by Crippen LogP contribution is -2.40. The molecule has 43 heavy (non-hydrogen) atoms. The molecule has 4 aromatic rings. The Morgan fingerprint density at radius 2 is 1.65 bits per heavy atom. The number of hydrogen-bond donors (Lipinski definition) is 0. The number of fused-ring (bicyclic) bond motifs is 1. The number of nitrogens with zero attached hydrogens (tertiary/aromatic N) is 3. The third-order valence-corrected chi connectivity index (χ3v) is 8.78. The molecule has 7 nitrogen and oxygen atoms in total. The number of aromatic nitrogens is 1. The Balaban J connectivity index is 1.50. The summed E-state index contributed by atoms with van der Waals surface area (Å²) in [6, 6.07) is 24.8. The Bertz CT molecular complexity index is 1800. The minimum absolute atomic E-state index is 0.198. The molecule has 2 aliphatic heterocycles. The quantitative estimate of drug-likeness (QED) is 0.259. The summed E-state index contributed by atoms with van der Waals surface area (Å²) in [5, 5.41) is 0. The van der Waals surface area contributed by atoms with Crippen LogP contribution >= 0.6 is 11.3 Å². The molecule has 2 aliphatic rings. The van der Waals surface area contributed by atoms with E-state index in [2.05, 4.69) is 29.2 Å². The number of benzene rings is 3. The van der Waals surface area contributed by atoms with E-state index in [1.54, 1.807) is 11.5 Å². The Morgan fingerprint density at radius 3 is 2.33 bits per heavy atom. The third-order valence-electron chi connectivity index (χ3n) is 7.79. The van der Waals surface area contributed by atoms with Crippen molar-refractivity contribution in [3.8, 4) is 5.75 Å². The number of hydrogen-bond acceptors (Lipinski definition) is 7. The fourth-order valence-corrected chi connectivity index (χ4v) is 6.75. The van der Waals surface area contributed by atoms with Crippen LogP contribution in [0.4, 0.5) is 5.69 Å². The number of carbonyl (C=O) groups is 1. The summed E-state index contributed by atoms with van der Waals surface area (Å²) in [6.45, 7) is 6.61. The van der Waals surface area contributed by atoms with Crippen LogP contribution in [0.1, 0.15) is 55.8 Å². The van der Waals surface area contributed by atoms with Gasteiger partial charge in [-0.3, -0.25) is 9.36 Å². The zero-order valence-corrected chi connectivity index (χ0v) is 25.3. The minimum atomic E-state index is -0.718. The van der Waals surface area contributed by atoms with Crippen LogP contribution in [0.25, 0.3) is 11.8 Å². The SMILES string of the molecule is CCOC(=O)C1=C(c2ccccc2)N=c2s/c(=C\c3ccc(N4CCCCC4)cc3)c(=O)n2[C@@H]1c1ccc(OCC)cc1. The molecule has 1 atom stereocenters. The van der Waals surface area contributed by atoms with Crippen LogP contribution in [0, 0.1) is 0 Å². The molecule has 1 fully saturated rings. The maximum Gasteiger partial charge on any atom is 0.338 e. The molecule has 0 radical (unpaired) electrons. The van der Waals surface area contributed by atoms with Crippen molar-refractivity contribution in [2.45, 2.75) is 39.2 Å². The van der Waals surface area contributed by atoms with Crippen LogP contribution < -0.4 is 24.5 Å². The minimum Gasteiger partial charge on any atom is -0.494 e. The molecule has 0 unspecified atom stereocenters. The van der Waals surface area contributed by atoms with Crippen molar-refractivity contribution < 1.29 is 14.3 Å². The first-order valence-electron chi connectivity index (χ1n) is 14.9. The van der Waals surface area contributed by atoms with Gasteiger partial charge in [-0.25, -0.2) is 9.79 Å². The van der Waals surface area contributed by atoms with Gasteiger partial charge in [-0.05, 0) is 74.6 Å². The fourth-order valence-electron chi connectivity index (χ4n) is 5.75. The number of ether oxygens (including phenoxy) is 2. The lowest BCUT2D eigenvalue weighted by atomic mass is 9.93. The van der Waals surface area contributed by atoms with Gasteiger partial charge in [0.15, 0.2) is 4.80 Å². The average Bonchev–Trinajstić information content (AvgIpc) is 3.36. The summed E-state index contributed by atoms with van der Waals surface area (Å²) < 4.78 is 13.4. The zero-order valence-electron chi connectivity index (χ0n) is 24.5. The van der Waals surface area contributed by atoms with Gasteiger partial charge in [-0.2, -0.15) is 0 Å². The number of piperidine rings is 1. The Kier molecular flexibility index (Phi) is 8.56. The van der Waals surface area contributed by atoms with Crippen molar-refractivity contribution in [1.29, 1.82) is 0 Å². The van der Waals surface area contributed by atoms with E-state index in [4.69, 9.17) is 14.5 Å². The van der Waals surface area contributed by atoms with Gasteiger partial charge >= 0.3 is 5.97 Å². The topological polar surface area (TPSA) is 73.1 Å². The second-order valence-corrected chi connectivity index (χ2v) is 11.6. The molecule has 0 saturated carbocycles. The summed E-state index contributed by atoms with van der Waals surface area (Å²) in [4.78, 5) is 35.6. The van der Waals surface area contributed by atoms with Crippen LogP contribution in [0.2, 0.25) is 0 Å². The Morgan fingerprint density at radius 1 is 0.930 bits per heavy atom. The summed E-state index contributed by atoms with van der Waals surface area (Å²) in [6.07, 6.45) is 5.64. The highest BCUT2D eigenvalue weighted by molar-refractivity contribution is 7.07. The van der Waals surface area contributed by atoms with Crippen molar-refractivity contribution in [1.82, 2.24) is 4.57 Å². The molecule has 6 rings (SSSR count). The predicted molar refractivity (Wildman–Crippen MR) is 171 cm³/mol. The van der Waals surface area contributed by atoms with Gasteiger partial charge in [0.25, 0.3) is 5.56 Å². The highest BCUT2D eigenvalue weighted by atomic mass is 32.1. The second-order valence-electron chi connectivity index (χ2n) is 10.6. The molecule has 0 amide bonds. The summed E-state index contributed by atoms with van der Waals surface area (Å²) in [5.74, 6) is 0.225. The number of rotatable bonds is 8. The molecule has 0 N–H and O–H groups in total. The lowest BCUT2D eigenvalue weighted by molar-refractivity contribution is -0.138. The molecule has 1 saturated heterocycles. The molecule has 3 aromatic carbocycles. The Labute approximate surface area is 255 Å². The zero-order chi connectivity index (χ0) is 29.8. The van der Waals surface area contributed by atoms with Crippen LogP contribution in [0.15, 0.2) is 94.2 Å². The predicted octanol–water partition coefficient (Wildman–Crippen LogP) is 5.32. The Hall–Kier alpha value is -4.43. The highest BCUT2D eigenvalue weighted by Gasteiger charge is 2.35. The van der Waals surface area contributed by atoms with E-state index in [0.29, 0.717) is 27.2 Å². The normalized spacial score (nSPS) is 16.9. The molecule has 0 aliphatic carbocycles. The molecule has 8 heteroatoms. The smallest absolute Gasteiger partial charge is 0.338 e. The molecule has 0 bridgehead atoms. The first-order chi connectivity index (χ1) is 21.1. The van der Waals surface area contributed by atoms with Gasteiger partial charge < -0.3 is 14.4 Å². The monoisotopic (exact) mass is 593 g/mol. The molecule has 0 spiro atoms. The standard InChI is InChI=1S/C35H35N3O4S/c1-3-41-28-19-15-26(16-20-28)32-30(34(40)42-4-2)31(25-11-7-5-8-12-25)36-35-38(32)33(39)29(43-35)23-24-13-17-27(18-14-24)37-21-9-6-10-22-37/h5,7-8,11-20,23,32H,3-4,6,9-10,21-22H2,1-2H3/b29-23-/t32-/m1/s1. The fraction of sp³-hybridized carbons (Fsp3) is 0.286. The van der Waals surface area contributed by atoms with E-state index >= 15 is 0 Å².